The van der Waals surface area contributed by atoms with Gasteiger partial charge in [0.05, 0.1) is 0 Å². The van der Waals surface area contributed by atoms with E-state index in [9.17, 15) is 0 Å². The van der Waals surface area contributed by atoms with Crippen LogP contribution in [-0.2, 0) is 0 Å². The van der Waals surface area contributed by atoms with E-state index in [4.69, 9.17) is 11.6 Å². The molecule has 0 aromatic heterocycles. The van der Waals surface area contributed by atoms with Crippen LogP contribution in [0.5, 0.6) is 0 Å². The van der Waals surface area contributed by atoms with Gasteiger partial charge in [0.15, 0.2) is 0 Å². The van der Waals surface area contributed by atoms with Crippen LogP contribution in [0.2, 0.25) is 5.02 Å². The lowest BCUT2D eigenvalue weighted by Gasteiger charge is -2.27. The molecule has 24 heavy (non-hydrogen) atoms. The summed E-state index contributed by atoms with van der Waals surface area (Å²) in [6, 6.07) is 17.2. The molecule has 2 aromatic rings. The molecular weight excluding hydrogens is 312 g/mol. The van der Waals surface area contributed by atoms with Gasteiger partial charge in [-0.15, -0.1) is 0 Å². The highest BCUT2D eigenvalue weighted by Crippen LogP contribution is 2.37. The second-order valence-corrected chi connectivity index (χ2v) is 7.39. The molecule has 1 aliphatic carbocycles. The van der Waals surface area contributed by atoms with Gasteiger partial charge in [0, 0.05) is 5.02 Å². The van der Waals surface area contributed by atoms with E-state index in [2.05, 4.69) is 55.5 Å². The maximum absolute atomic E-state index is 5.97. The van der Waals surface area contributed by atoms with Crippen LogP contribution >= 0.6 is 11.6 Å². The van der Waals surface area contributed by atoms with Gasteiger partial charge in [-0.05, 0) is 72.8 Å². The standard InChI is InChI=1S/C23H27Cl/c1-2-3-4-5-18-6-8-19(9-7-18)20-10-12-21(13-11-20)22-14-16-23(24)17-15-22/h4-5,10-19H,2-3,6-9H2,1H3/b5-4+. The van der Waals surface area contributed by atoms with E-state index in [1.165, 1.54) is 55.2 Å². The van der Waals surface area contributed by atoms with Crippen LogP contribution in [0.25, 0.3) is 11.1 Å². The van der Waals surface area contributed by atoms with E-state index in [-0.39, 0.29) is 0 Å². The quantitative estimate of drug-likeness (QED) is 0.491. The molecular formula is C23H27Cl. The first-order valence-corrected chi connectivity index (χ1v) is 9.66. The topological polar surface area (TPSA) is 0 Å². The van der Waals surface area contributed by atoms with Crippen molar-refractivity contribution in [1.29, 1.82) is 0 Å². The predicted octanol–water partition coefficient (Wildman–Crippen LogP) is 7.64. The zero-order chi connectivity index (χ0) is 16.8. The fourth-order valence-corrected chi connectivity index (χ4v) is 3.82. The fraction of sp³-hybridized carbons (Fsp3) is 0.391. The van der Waals surface area contributed by atoms with Gasteiger partial charge in [-0.1, -0.05) is 73.5 Å². The highest BCUT2D eigenvalue weighted by molar-refractivity contribution is 6.30. The number of rotatable bonds is 5. The molecule has 0 bridgehead atoms. The van der Waals surface area contributed by atoms with E-state index < -0.39 is 0 Å². The van der Waals surface area contributed by atoms with Gasteiger partial charge < -0.3 is 0 Å². The van der Waals surface area contributed by atoms with Crippen molar-refractivity contribution in [1.82, 2.24) is 0 Å². The molecule has 3 rings (SSSR count). The third-order valence-electron chi connectivity index (χ3n) is 5.20. The van der Waals surface area contributed by atoms with Gasteiger partial charge in [-0.3, -0.25) is 0 Å². The molecule has 2 aromatic carbocycles. The minimum Gasteiger partial charge on any atom is -0.0883 e. The zero-order valence-electron chi connectivity index (χ0n) is 14.5. The number of hydrogen-bond acceptors (Lipinski definition) is 0. The summed E-state index contributed by atoms with van der Waals surface area (Å²) in [6.45, 7) is 2.24. The lowest BCUT2D eigenvalue weighted by molar-refractivity contribution is 0.375. The summed E-state index contributed by atoms with van der Waals surface area (Å²) < 4.78 is 0. The van der Waals surface area contributed by atoms with Gasteiger partial charge >= 0.3 is 0 Å². The first-order chi connectivity index (χ1) is 11.8. The van der Waals surface area contributed by atoms with Crippen LogP contribution in [0, 0.1) is 5.92 Å². The Kier molecular flexibility index (Phi) is 6.15. The van der Waals surface area contributed by atoms with Crippen LogP contribution < -0.4 is 0 Å². The third-order valence-corrected chi connectivity index (χ3v) is 5.45. The number of allylic oxidation sites excluding steroid dienone is 2. The summed E-state index contributed by atoms with van der Waals surface area (Å²) in [6.07, 6.45) is 12.6. The summed E-state index contributed by atoms with van der Waals surface area (Å²) in [7, 11) is 0. The average Bonchev–Trinajstić information content (AvgIpc) is 2.63. The Hall–Kier alpha value is -1.53. The van der Waals surface area contributed by atoms with Crippen LogP contribution in [0.15, 0.2) is 60.7 Å². The zero-order valence-corrected chi connectivity index (χ0v) is 15.3. The van der Waals surface area contributed by atoms with Gasteiger partial charge in [0.1, 0.15) is 0 Å². The highest BCUT2D eigenvalue weighted by atomic mass is 35.5. The van der Waals surface area contributed by atoms with E-state index in [0.717, 1.165) is 16.9 Å². The van der Waals surface area contributed by atoms with Crippen LogP contribution in [0.3, 0.4) is 0 Å². The Morgan fingerprint density at radius 2 is 1.46 bits per heavy atom. The highest BCUT2D eigenvalue weighted by Gasteiger charge is 2.20. The lowest BCUT2D eigenvalue weighted by Crippen LogP contribution is -2.11. The Bertz CT molecular complexity index is 643. The minimum atomic E-state index is 0.736. The van der Waals surface area contributed by atoms with E-state index in [1.807, 2.05) is 12.1 Å². The second-order valence-electron chi connectivity index (χ2n) is 6.96. The summed E-state index contributed by atoms with van der Waals surface area (Å²) in [4.78, 5) is 0. The Labute approximate surface area is 151 Å². The number of hydrogen-bond donors (Lipinski definition) is 0. The normalized spacial score (nSPS) is 21.2. The Morgan fingerprint density at radius 1 is 0.875 bits per heavy atom. The Balaban J connectivity index is 1.59. The molecule has 0 saturated heterocycles. The summed E-state index contributed by atoms with van der Waals surface area (Å²) >= 11 is 5.97. The van der Waals surface area contributed by atoms with Crippen molar-refractivity contribution in [3.63, 3.8) is 0 Å². The fourth-order valence-electron chi connectivity index (χ4n) is 3.69. The third kappa shape index (κ3) is 4.51. The second kappa shape index (κ2) is 8.53. The van der Waals surface area contributed by atoms with Gasteiger partial charge in [0.25, 0.3) is 0 Å². The van der Waals surface area contributed by atoms with Gasteiger partial charge in [-0.2, -0.15) is 0 Å². The average molecular weight is 339 g/mol. The summed E-state index contributed by atoms with van der Waals surface area (Å²) in [5.74, 6) is 1.54. The smallest absolute Gasteiger partial charge is 0.0406 e. The number of halogens is 1. The number of unbranched alkanes of at least 4 members (excludes halogenated alkanes) is 1. The molecule has 0 radical (unpaired) electrons. The molecule has 0 atom stereocenters. The predicted molar refractivity (Wildman–Crippen MR) is 106 cm³/mol. The van der Waals surface area contributed by atoms with E-state index >= 15 is 0 Å². The molecule has 1 saturated carbocycles. The van der Waals surface area contributed by atoms with E-state index in [0.29, 0.717) is 0 Å². The van der Waals surface area contributed by atoms with Crippen molar-refractivity contribution in [3.05, 3.63) is 71.3 Å². The van der Waals surface area contributed by atoms with Crippen molar-refractivity contribution in [2.24, 2.45) is 5.92 Å². The van der Waals surface area contributed by atoms with Gasteiger partial charge in [0.2, 0.25) is 0 Å². The van der Waals surface area contributed by atoms with Crippen molar-refractivity contribution in [3.8, 4) is 11.1 Å². The molecule has 0 N–H and O–H groups in total. The minimum absolute atomic E-state index is 0.736. The first kappa shape index (κ1) is 17.3. The molecule has 0 aliphatic heterocycles. The van der Waals surface area contributed by atoms with Crippen LogP contribution in [0.4, 0.5) is 0 Å². The molecule has 0 unspecified atom stereocenters. The largest absolute Gasteiger partial charge is 0.0883 e. The maximum Gasteiger partial charge on any atom is 0.0406 e. The molecule has 0 heterocycles. The van der Waals surface area contributed by atoms with Crippen molar-refractivity contribution in [2.75, 3.05) is 0 Å². The monoisotopic (exact) mass is 338 g/mol. The SMILES string of the molecule is CCC/C=C/C1CCC(c2ccc(-c3ccc(Cl)cc3)cc2)CC1. The van der Waals surface area contributed by atoms with Gasteiger partial charge in [-0.25, -0.2) is 0 Å². The summed E-state index contributed by atoms with van der Waals surface area (Å²) in [5.41, 5.74) is 4.01. The lowest BCUT2D eigenvalue weighted by atomic mass is 9.78. The number of benzene rings is 2. The molecule has 0 nitrogen and oxygen atoms in total. The summed E-state index contributed by atoms with van der Waals surface area (Å²) in [5, 5.41) is 0.792. The molecule has 1 fully saturated rings. The van der Waals surface area contributed by atoms with Crippen molar-refractivity contribution in [2.45, 2.75) is 51.4 Å². The van der Waals surface area contributed by atoms with Crippen LogP contribution in [-0.4, -0.2) is 0 Å². The maximum atomic E-state index is 5.97. The van der Waals surface area contributed by atoms with Crippen molar-refractivity contribution < 1.29 is 0 Å². The van der Waals surface area contributed by atoms with E-state index in [1.54, 1.807) is 0 Å². The molecule has 126 valence electrons. The molecule has 0 spiro atoms. The molecule has 1 heteroatoms. The molecule has 0 amide bonds. The molecule has 1 aliphatic rings. The Morgan fingerprint density at radius 3 is 2.04 bits per heavy atom. The first-order valence-electron chi connectivity index (χ1n) is 9.29. The van der Waals surface area contributed by atoms with Crippen molar-refractivity contribution >= 4 is 11.6 Å². The van der Waals surface area contributed by atoms with Crippen LogP contribution in [0.1, 0.15) is 56.9 Å².